The van der Waals surface area contributed by atoms with E-state index in [0.717, 1.165) is 0 Å². The van der Waals surface area contributed by atoms with Crippen LogP contribution in [0.2, 0.25) is 10.0 Å². The number of hydrogen-bond acceptors (Lipinski definition) is 4. The van der Waals surface area contributed by atoms with E-state index < -0.39 is 42.6 Å². The first-order chi connectivity index (χ1) is 13.2. The number of sulfone groups is 2. The molecule has 0 aliphatic heterocycles. The first kappa shape index (κ1) is 21.4. The molecule has 0 spiro atoms. The molecular weight excluding hydrogens is 554 g/mol. The lowest BCUT2D eigenvalue weighted by Crippen LogP contribution is -2.23. The Bertz CT molecular complexity index is 1140. The zero-order chi connectivity index (χ0) is 20.4. The van der Waals surface area contributed by atoms with Gasteiger partial charge in [0.15, 0.2) is 0 Å². The monoisotopic (exact) mass is 566 g/mol. The van der Waals surface area contributed by atoms with Crippen molar-refractivity contribution < 1.29 is 16.8 Å². The van der Waals surface area contributed by atoms with Crippen LogP contribution in [0.25, 0.3) is 0 Å². The summed E-state index contributed by atoms with van der Waals surface area (Å²) in [6.07, 6.45) is 0. The van der Waals surface area contributed by atoms with Crippen LogP contribution in [-0.2, 0) is 19.7 Å². The van der Waals surface area contributed by atoms with Gasteiger partial charge < -0.3 is 0 Å². The van der Waals surface area contributed by atoms with Crippen molar-refractivity contribution in [1.29, 1.82) is 0 Å². The summed E-state index contributed by atoms with van der Waals surface area (Å²) in [6, 6.07) is 19.6. The van der Waals surface area contributed by atoms with Crippen molar-refractivity contribution >= 4 is 65.8 Å². The number of rotatable bonds is 5. The quantitative estimate of drug-likeness (QED) is 0.400. The van der Waals surface area contributed by atoms with E-state index in [1.165, 1.54) is 48.5 Å². The standard InChI is InChI=1S/C19H13Cl2IO4S2/c20-14-6-10-17(11-7-14)27(23,24)19(22-16-4-2-1-3-5-16)28(25,26)18-12-8-15(21)9-13-18/h1-13H. The summed E-state index contributed by atoms with van der Waals surface area (Å²) in [5.41, 5.74) is 0. The normalized spacial score (nSPS) is 11.9. The molecule has 3 aromatic rings. The smallest absolute Gasteiger partial charge is 0.217 e. The van der Waals surface area contributed by atoms with Gasteiger partial charge in [0.25, 0.3) is 0 Å². The molecule has 0 fully saturated rings. The van der Waals surface area contributed by atoms with Crippen molar-refractivity contribution in [1.82, 2.24) is 0 Å². The molecule has 0 aliphatic carbocycles. The SMILES string of the molecule is O=S(=O)(C(=Ic1ccccc1)S(=O)(=O)c1ccc(Cl)cc1)c1ccc(Cl)cc1. The van der Waals surface area contributed by atoms with Crippen molar-refractivity contribution in [2.45, 2.75) is 9.79 Å². The van der Waals surface area contributed by atoms with Gasteiger partial charge in [-0.2, -0.15) is 0 Å². The number of benzene rings is 3. The van der Waals surface area contributed by atoms with Crippen molar-refractivity contribution in [3.05, 3.63) is 92.5 Å². The zero-order valence-electron chi connectivity index (χ0n) is 14.1. The predicted molar refractivity (Wildman–Crippen MR) is 121 cm³/mol. The lowest BCUT2D eigenvalue weighted by atomic mass is 10.4. The Morgan fingerprint density at radius 3 is 1.39 bits per heavy atom. The van der Waals surface area contributed by atoms with Gasteiger partial charge in [-0.1, -0.05) is 62.1 Å². The fourth-order valence-electron chi connectivity index (χ4n) is 2.23. The van der Waals surface area contributed by atoms with Crippen LogP contribution in [0.5, 0.6) is 0 Å². The fourth-order valence-corrected chi connectivity index (χ4v) is 11.5. The zero-order valence-corrected chi connectivity index (χ0v) is 19.4. The minimum absolute atomic E-state index is 0.111. The minimum Gasteiger partial charge on any atom is -0.217 e. The molecule has 0 saturated heterocycles. The Labute approximate surface area is 183 Å². The molecule has 0 atom stereocenters. The van der Waals surface area contributed by atoms with Crippen molar-refractivity contribution in [2.24, 2.45) is 0 Å². The number of hydrogen-bond donors (Lipinski definition) is 0. The van der Waals surface area contributed by atoms with Gasteiger partial charge in [0.1, 0.15) is 0 Å². The fraction of sp³-hybridized carbons (Fsp3) is 0. The van der Waals surface area contributed by atoms with Crippen LogP contribution in [0.1, 0.15) is 0 Å². The third-order valence-corrected chi connectivity index (χ3v) is 14.3. The maximum atomic E-state index is 13.3. The molecule has 3 aromatic carbocycles. The second-order valence-corrected chi connectivity index (χ2v) is 14.8. The highest BCUT2D eigenvalue weighted by atomic mass is 127. The second-order valence-electron chi connectivity index (χ2n) is 5.54. The first-order valence-electron chi connectivity index (χ1n) is 7.79. The van der Waals surface area contributed by atoms with E-state index in [1.807, 2.05) is 0 Å². The van der Waals surface area contributed by atoms with Crippen molar-refractivity contribution in [3.8, 4) is 0 Å². The van der Waals surface area contributed by atoms with Crippen molar-refractivity contribution in [3.63, 3.8) is 0 Å². The average molecular weight is 567 g/mol. The van der Waals surface area contributed by atoms with Crippen LogP contribution in [0.3, 0.4) is 0 Å². The summed E-state index contributed by atoms with van der Waals surface area (Å²) >= 11 is 10.2. The summed E-state index contributed by atoms with van der Waals surface area (Å²) in [6.45, 7) is 0. The van der Waals surface area contributed by atoms with E-state index in [2.05, 4.69) is 0 Å². The summed E-state index contributed by atoms with van der Waals surface area (Å²) in [4.78, 5) is -0.222. The van der Waals surface area contributed by atoms with Gasteiger partial charge in [-0.3, -0.25) is 0 Å². The van der Waals surface area contributed by atoms with Crippen LogP contribution >= 0.6 is 43.9 Å². The molecule has 0 saturated carbocycles. The van der Waals surface area contributed by atoms with Gasteiger partial charge in [0.2, 0.25) is 21.8 Å². The minimum atomic E-state index is -4.25. The molecule has 0 unspecified atom stereocenters. The third kappa shape index (κ3) is 4.65. The van der Waals surface area contributed by atoms with E-state index in [4.69, 9.17) is 23.2 Å². The van der Waals surface area contributed by atoms with E-state index in [0.29, 0.717) is 13.6 Å². The highest BCUT2D eigenvalue weighted by Gasteiger charge is 2.34. The van der Waals surface area contributed by atoms with Gasteiger partial charge in [0, 0.05) is 13.6 Å². The van der Waals surface area contributed by atoms with Crippen LogP contribution in [0, 0.1) is 3.57 Å². The third-order valence-electron chi connectivity index (χ3n) is 3.59. The molecule has 146 valence electrons. The number of halogens is 3. The molecule has 0 N–H and O–H groups in total. The highest BCUT2D eigenvalue weighted by molar-refractivity contribution is 14.2. The Balaban J connectivity index is 2.25. The molecule has 3 rings (SSSR count). The van der Waals surface area contributed by atoms with Gasteiger partial charge in [-0.05, 0) is 60.7 Å². The molecule has 0 bridgehead atoms. The van der Waals surface area contributed by atoms with Crippen LogP contribution in [0.4, 0.5) is 0 Å². The lowest BCUT2D eigenvalue weighted by molar-refractivity contribution is 0.603. The predicted octanol–water partition coefficient (Wildman–Crippen LogP) is 5.17. The summed E-state index contributed by atoms with van der Waals surface area (Å²) in [5, 5.41) is 0.720. The van der Waals surface area contributed by atoms with E-state index in [-0.39, 0.29) is 9.79 Å². The second kappa shape index (κ2) is 8.62. The van der Waals surface area contributed by atoms with Crippen molar-refractivity contribution in [2.75, 3.05) is 0 Å². The Morgan fingerprint density at radius 1 is 0.607 bits per heavy atom. The van der Waals surface area contributed by atoms with Gasteiger partial charge in [0.05, 0.1) is 9.79 Å². The van der Waals surface area contributed by atoms with E-state index >= 15 is 0 Å². The first-order valence-corrected chi connectivity index (χ1v) is 13.7. The maximum Gasteiger partial charge on any atom is 0.223 e. The summed E-state index contributed by atoms with van der Waals surface area (Å²) in [7, 11) is -8.49. The van der Waals surface area contributed by atoms with Gasteiger partial charge in [-0.25, -0.2) is 16.8 Å². The summed E-state index contributed by atoms with van der Waals surface area (Å²) in [5.74, 6) is 0. The molecule has 0 radical (unpaired) electrons. The molecule has 0 aromatic heterocycles. The Kier molecular flexibility index (Phi) is 6.61. The molecule has 9 heteroatoms. The molecule has 0 aliphatic rings. The lowest BCUT2D eigenvalue weighted by Gasteiger charge is -2.11. The Morgan fingerprint density at radius 2 is 1.00 bits per heavy atom. The van der Waals surface area contributed by atoms with Crippen LogP contribution in [0.15, 0.2) is 88.7 Å². The molecule has 0 heterocycles. The largest absolute Gasteiger partial charge is 0.223 e. The van der Waals surface area contributed by atoms with Gasteiger partial charge >= 0.3 is 0 Å². The molecule has 4 nitrogen and oxygen atoms in total. The summed E-state index contributed by atoms with van der Waals surface area (Å²) < 4.78 is 53.3. The molecule has 0 amide bonds. The molecular formula is C19H13Cl2IO4S2. The highest BCUT2D eigenvalue weighted by Crippen LogP contribution is 2.29. The maximum absolute atomic E-state index is 13.3. The van der Waals surface area contributed by atoms with Crippen LogP contribution in [-0.4, -0.2) is 19.0 Å². The molecule has 28 heavy (non-hydrogen) atoms. The van der Waals surface area contributed by atoms with E-state index in [1.54, 1.807) is 30.3 Å². The Hall–Kier alpha value is -1.26. The topological polar surface area (TPSA) is 68.3 Å². The van der Waals surface area contributed by atoms with Crippen LogP contribution < -0.4 is 0 Å². The average Bonchev–Trinajstić information content (AvgIpc) is 2.67. The van der Waals surface area contributed by atoms with Gasteiger partial charge in [-0.15, -0.1) is 0 Å². The van der Waals surface area contributed by atoms with E-state index in [9.17, 15) is 16.8 Å².